The Kier molecular flexibility index (Phi) is 4.19. The second-order valence-corrected chi connectivity index (χ2v) is 6.43. The van der Waals surface area contributed by atoms with Crippen LogP contribution < -0.4 is 0 Å². The fraction of sp³-hybridized carbons (Fsp3) is 0.222. The molecular weight excluding hydrogens is 340 g/mol. The first-order valence-electron chi connectivity index (χ1n) is 7.95. The molecule has 0 radical (unpaired) electrons. The molecule has 25 heavy (non-hydrogen) atoms. The van der Waals surface area contributed by atoms with Crippen molar-refractivity contribution in [1.29, 1.82) is 0 Å². The minimum atomic E-state index is -0.0882. The molecule has 1 aliphatic rings. The molecule has 0 N–H and O–H groups in total. The first-order chi connectivity index (χ1) is 12.2. The molecule has 7 heteroatoms. The molecule has 0 bridgehead atoms. The Morgan fingerprint density at radius 2 is 2.08 bits per heavy atom. The minimum Gasteiger partial charge on any atom is -0.339 e. The zero-order chi connectivity index (χ0) is 17.2. The molecule has 2 aromatic heterocycles. The monoisotopic (exact) mass is 354 g/mol. The third-order valence-corrected chi connectivity index (χ3v) is 4.44. The van der Waals surface area contributed by atoms with Gasteiger partial charge in [-0.15, -0.1) is 0 Å². The summed E-state index contributed by atoms with van der Waals surface area (Å²) in [5, 5.41) is 4.68. The molecule has 0 aliphatic carbocycles. The molecule has 0 saturated carbocycles. The van der Waals surface area contributed by atoms with Crippen LogP contribution in [0.5, 0.6) is 0 Å². The molecule has 3 aromatic rings. The molecule has 1 aliphatic heterocycles. The van der Waals surface area contributed by atoms with E-state index in [-0.39, 0.29) is 11.8 Å². The van der Waals surface area contributed by atoms with Gasteiger partial charge in [-0.3, -0.25) is 9.78 Å². The SMILES string of the molecule is O=C1CC(c2nc(-c3ccncc3)no2)CN1Cc1cccc(Cl)c1. The first-order valence-corrected chi connectivity index (χ1v) is 8.33. The molecule has 1 fully saturated rings. The topological polar surface area (TPSA) is 72.1 Å². The van der Waals surface area contributed by atoms with Crippen LogP contribution in [0.4, 0.5) is 0 Å². The average molecular weight is 355 g/mol. The van der Waals surface area contributed by atoms with Crippen molar-refractivity contribution in [1.82, 2.24) is 20.0 Å². The summed E-state index contributed by atoms with van der Waals surface area (Å²) < 4.78 is 5.39. The van der Waals surface area contributed by atoms with Crippen LogP contribution in [0.2, 0.25) is 5.02 Å². The zero-order valence-corrected chi connectivity index (χ0v) is 14.1. The van der Waals surface area contributed by atoms with Crippen molar-refractivity contribution in [3.63, 3.8) is 0 Å². The number of carbonyl (C=O) groups excluding carboxylic acids is 1. The highest BCUT2D eigenvalue weighted by atomic mass is 35.5. The number of halogens is 1. The molecular formula is C18H15ClN4O2. The van der Waals surface area contributed by atoms with E-state index >= 15 is 0 Å². The van der Waals surface area contributed by atoms with E-state index in [1.54, 1.807) is 17.3 Å². The van der Waals surface area contributed by atoms with Crippen LogP contribution in [0, 0.1) is 0 Å². The van der Waals surface area contributed by atoms with Crippen molar-refractivity contribution >= 4 is 17.5 Å². The zero-order valence-electron chi connectivity index (χ0n) is 13.3. The van der Waals surface area contributed by atoms with Crippen molar-refractivity contribution in [3.8, 4) is 11.4 Å². The maximum absolute atomic E-state index is 12.3. The molecule has 1 aromatic carbocycles. The molecule has 1 unspecified atom stereocenters. The normalized spacial score (nSPS) is 17.2. The van der Waals surface area contributed by atoms with Gasteiger partial charge in [0.15, 0.2) is 0 Å². The molecule has 3 heterocycles. The molecule has 1 atom stereocenters. The van der Waals surface area contributed by atoms with Gasteiger partial charge in [0.05, 0.1) is 5.92 Å². The average Bonchev–Trinajstić information content (AvgIpc) is 3.23. The summed E-state index contributed by atoms with van der Waals surface area (Å²) in [6.07, 6.45) is 3.73. The summed E-state index contributed by atoms with van der Waals surface area (Å²) in [5.41, 5.74) is 1.84. The maximum Gasteiger partial charge on any atom is 0.232 e. The Morgan fingerprint density at radius 3 is 2.88 bits per heavy atom. The summed E-state index contributed by atoms with van der Waals surface area (Å²) in [4.78, 5) is 22.5. The van der Waals surface area contributed by atoms with Gasteiger partial charge in [0, 0.05) is 42.5 Å². The predicted octanol–water partition coefficient (Wildman–Crippen LogP) is 3.30. The number of aromatic nitrogens is 3. The Morgan fingerprint density at radius 1 is 1.24 bits per heavy atom. The van der Waals surface area contributed by atoms with Crippen LogP contribution in [-0.4, -0.2) is 32.5 Å². The second kappa shape index (κ2) is 6.64. The Labute approximate surface area is 149 Å². The molecule has 1 amide bonds. The van der Waals surface area contributed by atoms with Crippen molar-refractivity contribution < 1.29 is 9.32 Å². The van der Waals surface area contributed by atoms with E-state index in [1.165, 1.54) is 0 Å². The second-order valence-electron chi connectivity index (χ2n) is 6.00. The lowest BCUT2D eigenvalue weighted by atomic mass is 10.1. The van der Waals surface area contributed by atoms with E-state index in [2.05, 4.69) is 15.1 Å². The third kappa shape index (κ3) is 3.39. The Bertz CT molecular complexity index is 897. The number of carbonyl (C=O) groups is 1. The fourth-order valence-corrected chi connectivity index (χ4v) is 3.18. The Hall–Kier alpha value is -2.73. The van der Waals surface area contributed by atoms with E-state index in [1.807, 2.05) is 36.4 Å². The van der Waals surface area contributed by atoms with E-state index in [4.69, 9.17) is 16.1 Å². The van der Waals surface area contributed by atoms with E-state index in [0.29, 0.717) is 36.2 Å². The molecule has 1 saturated heterocycles. The van der Waals surface area contributed by atoms with Crippen molar-refractivity contribution in [2.24, 2.45) is 0 Å². The summed E-state index contributed by atoms with van der Waals surface area (Å²) >= 11 is 6.01. The third-order valence-electron chi connectivity index (χ3n) is 4.21. The first kappa shape index (κ1) is 15.8. The predicted molar refractivity (Wildman–Crippen MR) is 91.8 cm³/mol. The highest BCUT2D eigenvalue weighted by molar-refractivity contribution is 6.30. The highest BCUT2D eigenvalue weighted by Crippen LogP contribution is 2.29. The smallest absolute Gasteiger partial charge is 0.232 e. The van der Waals surface area contributed by atoms with Gasteiger partial charge in [0.1, 0.15) is 0 Å². The van der Waals surface area contributed by atoms with Gasteiger partial charge in [0.2, 0.25) is 17.6 Å². The number of hydrogen-bond donors (Lipinski definition) is 0. The maximum atomic E-state index is 12.3. The highest BCUT2D eigenvalue weighted by Gasteiger charge is 2.34. The summed E-state index contributed by atoms with van der Waals surface area (Å²) in [6.45, 7) is 1.09. The number of pyridine rings is 1. The van der Waals surface area contributed by atoms with Gasteiger partial charge in [0.25, 0.3) is 0 Å². The number of nitrogens with zero attached hydrogens (tertiary/aromatic N) is 4. The van der Waals surface area contributed by atoms with Crippen molar-refractivity contribution in [3.05, 3.63) is 65.3 Å². The van der Waals surface area contributed by atoms with E-state index < -0.39 is 0 Å². The Balaban J connectivity index is 1.48. The molecule has 126 valence electrons. The lowest BCUT2D eigenvalue weighted by Crippen LogP contribution is -2.24. The standard InChI is InChI=1S/C18H15ClN4O2/c19-15-3-1-2-12(8-15)10-23-11-14(9-16(23)24)18-21-17(22-25-18)13-4-6-20-7-5-13/h1-8,14H,9-11H2. The number of amides is 1. The quantitative estimate of drug-likeness (QED) is 0.718. The number of likely N-dealkylation sites (tertiary alicyclic amines) is 1. The van der Waals surface area contributed by atoms with E-state index in [0.717, 1.165) is 11.1 Å². The fourth-order valence-electron chi connectivity index (χ4n) is 2.97. The van der Waals surface area contributed by atoms with Crippen LogP contribution in [0.1, 0.15) is 23.8 Å². The van der Waals surface area contributed by atoms with Gasteiger partial charge in [-0.2, -0.15) is 4.98 Å². The lowest BCUT2D eigenvalue weighted by Gasteiger charge is -2.16. The van der Waals surface area contributed by atoms with Gasteiger partial charge < -0.3 is 9.42 Å². The van der Waals surface area contributed by atoms with Gasteiger partial charge >= 0.3 is 0 Å². The van der Waals surface area contributed by atoms with Gasteiger partial charge in [-0.05, 0) is 29.8 Å². The van der Waals surface area contributed by atoms with Gasteiger partial charge in [-0.25, -0.2) is 0 Å². The van der Waals surface area contributed by atoms with Crippen LogP contribution in [-0.2, 0) is 11.3 Å². The van der Waals surface area contributed by atoms with Crippen molar-refractivity contribution in [2.75, 3.05) is 6.54 Å². The van der Waals surface area contributed by atoms with Crippen molar-refractivity contribution in [2.45, 2.75) is 18.9 Å². The molecule has 6 nitrogen and oxygen atoms in total. The number of rotatable bonds is 4. The number of benzene rings is 1. The molecule has 0 spiro atoms. The van der Waals surface area contributed by atoms with Gasteiger partial charge in [-0.1, -0.05) is 28.9 Å². The summed E-state index contributed by atoms with van der Waals surface area (Å²) in [7, 11) is 0. The molecule has 4 rings (SSSR count). The lowest BCUT2D eigenvalue weighted by molar-refractivity contribution is -0.128. The van der Waals surface area contributed by atoms with Crippen LogP contribution >= 0.6 is 11.6 Å². The van der Waals surface area contributed by atoms with Crippen LogP contribution in [0.25, 0.3) is 11.4 Å². The summed E-state index contributed by atoms with van der Waals surface area (Å²) in [6, 6.07) is 11.2. The van der Waals surface area contributed by atoms with Crippen LogP contribution in [0.3, 0.4) is 0 Å². The van der Waals surface area contributed by atoms with E-state index in [9.17, 15) is 4.79 Å². The van der Waals surface area contributed by atoms with Crippen LogP contribution in [0.15, 0.2) is 53.3 Å². The summed E-state index contributed by atoms with van der Waals surface area (Å²) in [5.74, 6) is 0.996. The number of hydrogen-bond acceptors (Lipinski definition) is 5. The minimum absolute atomic E-state index is 0.0774. The largest absolute Gasteiger partial charge is 0.339 e.